The van der Waals surface area contributed by atoms with E-state index in [9.17, 15) is 14.4 Å². The molecule has 0 aliphatic heterocycles. The fourth-order valence-electron chi connectivity index (χ4n) is 4.85. The van der Waals surface area contributed by atoms with Crippen molar-refractivity contribution in [2.75, 3.05) is 19.8 Å². The van der Waals surface area contributed by atoms with E-state index in [0.29, 0.717) is 36.9 Å². The van der Waals surface area contributed by atoms with Crippen LogP contribution in [0.25, 0.3) is 11.1 Å². The van der Waals surface area contributed by atoms with Crippen molar-refractivity contribution in [1.82, 2.24) is 10.6 Å². The van der Waals surface area contributed by atoms with Crippen LogP contribution >= 0.6 is 0 Å². The summed E-state index contributed by atoms with van der Waals surface area (Å²) in [6.45, 7) is 4.16. The van der Waals surface area contributed by atoms with Gasteiger partial charge in [0.15, 0.2) is 0 Å². The molecule has 3 aromatic rings. The Balaban J connectivity index is 1.24. The number of hydrogen-bond donors (Lipinski definition) is 4. The van der Waals surface area contributed by atoms with Crippen LogP contribution in [0, 0.1) is 5.41 Å². The molecule has 2 amide bonds. The molecule has 41 heavy (non-hydrogen) atoms. The van der Waals surface area contributed by atoms with Crippen LogP contribution in [0.2, 0.25) is 0 Å². The average Bonchev–Trinajstić information content (AvgIpc) is 3.31. The van der Waals surface area contributed by atoms with Gasteiger partial charge in [-0.1, -0.05) is 73.3 Å². The molecule has 1 atom stereocenters. The number of nitrogens with one attached hydrogen (secondary N) is 3. The first-order valence-electron chi connectivity index (χ1n) is 13.5. The van der Waals surface area contributed by atoms with Gasteiger partial charge in [-0.3, -0.25) is 10.2 Å². The third-order valence-corrected chi connectivity index (χ3v) is 6.92. The largest absolute Gasteiger partial charge is 0.460 e. The maximum absolute atomic E-state index is 12.7. The topological polar surface area (TPSA) is 144 Å². The molecular formula is C32H34N4O5. The van der Waals surface area contributed by atoms with Crippen LogP contribution in [0.5, 0.6) is 0 Å². The van der Waals surface area contributed by atoms with Gasteiger partial charge in [0.05, 0.1) is 0 Å². The van der Waals surface area contributed by atoms with Crippen LogP contribution in [-0.4, -0.2) is 49.6 Å². The maximum atomic E-state index is 12.7. The highest BCUT2D eigenvalue weighted by Crippen LogP contribution is 2.44. The molecular weight excluding hydrogens is 520 g/mol. The van der Waals surface area contributed by atoms with Crippen LogP contribution in [0.15, 0.2) is 85.5 Å². The van der Waals surface area contributed by atoms with Crippen molar-refractivity contribution in [2.24, 2.45) is 5.73 Å². The summed E-state index contributed by atoms with van der Waals surface area (Å²) in [6.07, 6.45) is 2.38. The number of nitrogens with two attached hydrogens (primary N) is 1. The number of nitrogen functional groups attached to an aromatic ring is 1. The SMILES string of the molecule is C=CCOC(=O)[C@@H](CCCCNC(=O)OCC1c2ccccc2-c2ccccc21)NC(=O)c1ccc(C(=N)N)cc1. The van der Waals surface area contributed by atoms with Crippen molar-refractivity contribution in [1.29, 1.82) is 5.41 Å². The fourth-order valence-corrected chi connectivity index (χ4v) is 4.85. The van der Waals surface area contributed by atoms with Crippen molar-refractivity contribution in [3.63, 3.8) is 0 Å². The Kier molecular flexibility index (Phi) is 9.88. The van der Waals surface area contributed by atoms with Gasteiger partial charge < -0.3 is 25.8 Å². The van der Waals surface area contributed by atoms with Crippen LogP contribution in [0.4, 0.5) is 4.79 Å². The Morgan fingerprint density at radius 3 is 2.12 bits per heavy atom. The first-order chi connectivity index (χ1) is 19.9. The van der Waals surface area contributed by atoms with Gasteiger partial charge in [-0.2, -0.15) is 0 Å². The van der Waals surface area contributed by atoms with E-state index >= 15 is 0 Å². The predicted octanol–water partition coefficient (Wildman–Crippen LogP) is 4.51. The lowest BCUT2D eigenvalue weighted by Gasteiger charge is -2.18. The number of benzene rings is 3. The summed E-state index contributed by atoms with van der Waals surface area (Å²) in [5, 5.41) is 13.0. The van der Waals surface area contributed by atoms with Gasteiger partial charge in [0.2, 0.25) is 0 Å². The molecule has 0 spiro atoms. The summed E-state index contributed by atoms with van der Waals surface area (Å²) < 4.78 is 10.7. The van der Waals surface area contributed by atoms with Crippen molar-refractivity contribution in [3.05, 3.63) is 108 Å². The van der Waals surface area contributed by atoms with Crippen LogP contribution in [0.1, 0.15) is 52.2 Å². The Labute approximate surface area is 239 Å². The second kappa shape index (κ2) is 13.9. The van der Waals surface area contributed by atoms with E-state index in [0.717, 1.165) is 11.1 Å². The molecule has 0 unspecified atom stereocenters. The van der Waals surface area contributed by atoms with E-state index in [1.165, 1.54) is 29.3 Å². The summed E-state index contributed by atoms with van der Waals surface area (Å²) in [7, 11) is 0. The van der Waals surface area contributed by atoms with Crippen molar-refractivity contribution in [3.8, 4) is 11.1 Å². The summed E-state index contributed by atoms with van der Waals surface area (Å²) in [5.41, 5.74) is 10.9. The van der Waals surface area contributed by atoms with Gasteiger partial charge in [-0.25, -0.2) is 9.59 Å². The second-order valence-corrected chi connectivity index (χ2v) is 9.68. The lowest BCUT2D eigenvalue weighted by molar-refractivity contribution is -0.144. The number of esters is 1. The van der Waals surface area contributed by atoms with E-state index in [1.54, 1.807) is 12.1 Å². The molecule has 0 heterocycles. The zero-order valence-corrected chi connectivity index (χ0v) is 22.7. The molecule has 0 aromatic heterocycles. The third kappa shape index (κ3) is 7.39. The van der Waals surface area contributed by atoms with Crippen molar-refractivity contribution in [2.45, 2.75) is 31.2 Å². The molecule has 212 valence electrons. The maximum Gasteiger partial charge on any atom is 0.407 e. The number of ether oxygens (including phenoxy) is 2. The van der Waals surface area contributed by atoms with E-state index in [-0.39, 0.29) is 25.0 Å². The molecule has 0 saturated heterocycles. The van der Waals surface area contributed by atoms with Crippen LogP contribution < -0.4 is 16.4 Å². The molecule has 0 radical (unpaired) electrons. The summed E-state index contributed by atoms with van der Waals surface area (Å²) in [5.74, 6) is -1.13. The van der Waals surface area contributed by atoms with E-state index in [1.807, 2.05) is 24.3 Å². The number of rotatable bonds is 13. The molecule has 0 bridgehead atoms. The number of carbonyl (C=O) groups excluding carboxylic acids is 3. The first kappa shape index (κ1) is 29.1. The van der Waals surface area contributed by atoms with Gasteiger partial charge >= 0.3 is 12.1 Å². The minimum absolute atomic E-state index is 0.0160. The highest BCUT2D eigenvalue weighted by Gasteiger charge is 2.29. The molecule has 9 nitrogen and oxygen atoms in total. The molecule has 5 N–H and O–H groups in total. The number of amidine groups is 1. The first-order valence-corrected chi connectivity index (χ1v) is 13.5. The molecule has 0 fully saturated rings. The number of fused-ring (bicyclic) bond motifs is 3. The monoisotopic (exact) mass is 554 g/mol. The smallest absolute Gasteiger partial charge is 0.407 e. The number of hydrogen-bond acceptors (Lipinski definition) is 6. The number of carbonyl (C=O) groups is 3. The van der Waals surface area contributed by atoms with E-state index in [2.05, 4.69) is 41.5 Å². The Morgan fingerprint density at radius 1 is 0.902 bits per heavy atom. The third-order valence-electron chi connectivity index (χ3n) is 6.92. The van der Waals surface area contributed by atoms with E-state index in [4.69, 9.17) is 20.6 Å². The molecule has 3 aromatic carbocycles. The Morgan fingerprint density at radius 2 is 1.51 bits per heavy atom. The molecule has 1 aliphatic carbocycles. The lowest BCUT2D eigenvalue weighted by atomic mass is 9.98. The van der Waals surface area contributed by atoms with Crippen LogP contribution in [-0.2, 0) is 14.3 Å². The van der Waals surface area contributed by atoms with Gasteiger partial charge in [0.25, 0.3) is 5.91 Å². The molecule has 0 saturated carbocycles. The van der Waals surface area contributed by atoms with Gasteiger partial charge in [-0.15, -0.1) is 0 Å². The minimum Gasteiger partial charge on any atom is -0.460 e. The minimum atomic E-state index is -0.871. The molecule has 4 rings (SSSR count). The van der Waals surface area contributed by atoms with Gasteiger partial charge in [0.1, 0.15) is 25.1 Å². The summed E-state index contributed by atoms with van der Waals surface area (Å²) in [4.78, 5) is 37.7. The second-order valence-electron chi connectivity index (χ2n) is 9.68. The van der Waals surface area contributed by atoms with E-state index < -0.39 is 24.0 Å². The van der Waals surface area contributed by atoms with Gasteiger partial charge in [-0.05, 0) is 53.6 Å². The molecule has 9 heteroatoms. The highest BCUT2D eigenvalue weighted by molar-refractivity contribution is 5.99. The average molecular weight is 555 g/mol. The highest BCUT2D eigenvalue weighted by atomic mass is 16.5. The summed E-state index contributed by atoms with van der Waals surface area (Å²) in [6, 6.07) is 21.6. The fraction of sp³-hybridized carbons (Fsp3) is 0.250. The van der Waals surface area contributed by atoms with Crippen molar-refractivity contribution < 1.29 is 23.9 Å². The Bertz CT molecular complexity index is 1370. The standard InChI is InChI=1S/C32H34N4O5/c1-2-19-40-31(38)28(36-30(37)22-16-14-21(15-17-22)29(33)34)13-7-8-18-35-32(39)41-20-27-25-11-5-3-9-23(25)24-10-4-6-12-26(24)27/h2-6,9-12,14-17,27-28H,1,7-8,13,18-20H2,(H3,33,34)(H,35,39)(H,36,37)/t28-/m1/s1. The van der Waals surface area contributed by atoms with Crippen molar-refractivity contribution >= 4 is 23.8 Å². The predicted molar refractivity (Wildman–Crippen MR) is 157 cm³/mol. The zero-order valence-electron chi connectivity index (χ0n) is 22.7. The van der Waals surface area contributed by atoms with Crippen LogP contribution in [0.3, 0.4) is 0 Å². The number of unbranched alkanes of at least 4 members (excludes halogenated alkanes) is 1. The quantitative estimate of drug-likeness (QED) is 0.0805. The number of alkyl carbamates (subject to hydrolysis) is 1. The number of amides is 2. The normalized spacial score (nSPS) is 12.4. The Hall–Kier alpha value is -4.92. The zero-order chi connectivity index (χ0) is 29.2. The molecule has 1 aliphatic rings. The van der Waals surface area contributed by atoms with Gasteiger partial charge in [0, 0.05) is 23.6 Å². The summed E-state index contributed by atoms with van der Waals surface area (Å²) >= 11 is 0. The lowest BCUT2D eigenvalue weighted by Crippen LogP contribution is -2.42.